The number of methoxy groups -OCH3 is 2. The van der Waals surface area contributed by atoms with Crippen LogP contribution in [0.2, 0.25) is 0 Å². The number of ether oxygens (including phenoxy) is 2. The average Bonchev–Trinajstić information content (AvgIpc) is 3.08. The van der Waals surface area contributed by atoms with Crippen molar-refractivity contribution in [2.75, 3.05) is 14.2 Å². The number of hydrazone groups is 1. The number of rotatable bonds is 5. The Balaban J connectivity index is 1.75. The van der Waals surface area contributed by atoms with Crippen LogP contribution in [0.4, 0.5) is 0 Å². The third-order valence-electron chi connectivity index (χ3n) is 3.49. The lowest BCUT2D eigenvalue weighted by molar-refractivity contribution is 0.0955. The molecule has 0 atom stereocenters. The summed E-state index contributed by atoms with van der Waals surface area (Å²) in [4.78, 5) is 19.2. The van der Waals surface area contributed by atoms with Crippen molar-refractivity contribution in [3.05, 3.63) is 53.9 Å². The molecule has 3 aromatic rings. The minimum Gasteiger partial charge on any atom is -0.493 e. The summed E-state index contributed by atoms with van der Waals surface area (Å²) in [7, 11) is 3.11. The van der Waals surface area contributed by atoms with Crippen LogP contribution in [0.15, 0.2) is 47.8 Å². The number of benzene rings is 2. The van der Waals surface area contributed by atoms with E-state index in [0.29, 0.717) is 22.6 Å². The number of aromatic amines is 1. The zero-order chi connectivity index (χ0) is 16.9. The fourth-order valence-corrected chi connectivity index (χ4v) is 2.32. The molecule has 0 aliphatic rings. The van der Waals surface area contributed by atoms with Gasteiger partial charge in [-0.1, -0.05) is 6.07 Å². The van der Waals surface area contributed by atoms with Gasteiger partial charge in [0.1, 0.15) is 0 Å². The minimum atomic E-state index is -0.315. The number of nitrogens with zero attached hydrogens (tertiary/aromatic N) is 2. The summed E-state index contributed by atoms with van der Waals surface area (Å²) >= 11 is 0. The number of hydrogen-bond donors (Lipinski definition) is 2. The van der Waals surface area contributed by atoms with Crippen LogP contribution in [0.5, 0.6) is 11.5 Å². The van der Waals surface area contributed by atoms with Crippen molar-refractivity contribution in [3.63, 3.8) is 0 Å². The molecule has 3 rings (SSSR count). The van der Waals surface area contributed by atoms with E-state index in [2.05, 4.69) is 20.5 Å². The molecule has 122 valence electrons. The van der Waals surface area contributed by atoms with Crippen molar-refractivity contribution in [1.82, 2.24) is 15.4 Å². The number of amides is 1. The molecule has 7 nitrogen and oxygen atoms in total. The van der Waals surface area contributed by atoms with E-state index in [0.717, 1.165) is 11.0 Å². The maximum Gasteiger partial charge on any atom is 0.271 e. The number of para-hydroxylation sites is 1. The van der Waals surface area contributed by atoms with Gasteiger partial charge in [-0.05, 0) is 30.3 Å². The van der Waals surface area contributed by atoms with Gasteiger partial charge in [-0.15, -0.1) is 0 Å². The average molecular weight is 324 g/mol. The van der Waals surface area contributed by atoms with Crippen molar-refractivity contribution in [1.29, 1.82) is 0 Å². The van der Waals surface area contributed by atoms with E-state index in [4.69, 9.17) is 9.47 Å². The predicted molar refractivity (Wildman–Crippen MR) is 90.7 cm³/mol. The van der Waals surface area contributed by atoms with Crippen LogP contribution in [0, 0.1) is 0 Å². The summed E-state index contributed by atoms with van der Waals surface area (Å²) in [5.74, 6) is 0.832. The third-order valence-corrected chi connectivity index (χ3v) is 3.49. The molecule has 0 radical (unpaired) electrons. The second kappa shape index (κ2) is 6.82. The fraction of sp³-hybridized carbons (Fsp3) is 0.118. The summed E-state index contributed by atoms with van der Waals surface area (Å²) in [6, 6.07) is 10.6. The van der Waals surface area contributed by atoms with Gasteiger partial charge >= 0.3 is 0 Å². The summed E-state index contributed by atoms with van der Waals surface area (Å²) in [6.07, 6.45) is 3.09. The SMILES string of the molecule is COc1cccc(/C=N/NC(=O)c2ccc3nc[nH]c3c2)c1OC. The van der Waals surface area contributed by atoms with E-state index in [-0.39, 0.29) is 5.91 Å². The van der Waals surface area contributed by atoms with Gasteiger partial charge in [-0.3, -0.25) is 4.79 Å². The Morgan fingerprint density at radius 1 is 1.25 bits per heavy atom. The maximum absolute atomic E-state index is 12.2. The highest BCUT2D eigenvalue weighted by molar-refractivity contribution is 5.98. The molecule has 0 saturated heterocycles. The topological polar surface area (TPSA) is 88.6 Å². The molecule has 1 amide bonds. The van der Waals surface area contributed by atoms with Crippen molar-refractivity contribution in [2.45, 2.75) is 0 Å². The van der Waals surface area contributed by atoms with Crippen LogP contribution in [-0.4, -0.2) is 36.3 Å². The number of carbonyl (C=O) groups excluding carboxylic acids is 1. The molecule has 1 aromatic heterocycles. The first-order valence-corrected chi connectivity index (χ1v) is 7.20. The van der Waals surface area contributed by atoms with Crippen molar-refractivity contribution in [2.24, 2.45) is 5.10 Å². The van der Waals surface area contributed by atoms with E-state index in [1.807, 2.05) is 12.1 Å². The number of aromatic nitrogens is 2. The van der Waals surface area contributed by atoms with Crippen LogP contribution >= 0.6 is 0 Å². The van der Waals surface area contributed by atoms with Crippen molar-refractivity contribution >= 4 is 23.2 Å². The molecule has 7 heteroatoms. The molecule has 24 heavy (non-hydrogen) atoms. The second-order valence-corrected chi connectivity index (χ2v) is 4.92. The van der Waals surface area contributed by atoms with Crippen LogP contribution in [-0.2, 0) is 0 Å². The molecular weight excluding hydrogens is 308 g/mol. The molecule has 2 N–H and O–H groups in total. The largest absolute Gasteiger partial charge is 0.493 e. The number of carbonyl (C=O) groups is 1. The standard InChI is InChI=1S/C17H16N4O3/c1-23-15-5-3-4-12(16(15)24-2)9-20-21-17(22)11-6-7-13-14(8-11)19-10-18-13/h3-10H,1-2H3,(H,18,19)(H,21,22)/b20-9+. The predicted octanol–water partition coefficient (Wildman–Crippen LogP) is 2.34. The summed E-state index contributed by atoms with van der Waals surface area (Å²) in [6.45, 7) is 0. The molecule has 0 unspecified atom stereocenters. The van der Waals surface area contributed by atoms with E-state index < -0.39 is 0 Å². The maximum atomic E-state index is 12.2. The molecular formula is C17H16N4O3. The summed E-state index contributed by atoms with van der Waals surface area (Å²) in [5.41, 5.74) is 5.27. The van der Waals surface area contributed by atoms with Crippen LogP contribution in [0.1, 0.15) is 15.9 Å². The molecule has 1 heterocycles. The normalized spacial score (nSPS) is 10.9. The smallest absolute Gasteiger partial charge is 0.271 e. The van der Waals surface area contributed by atoms with Gasteiger partial charge in [0.15, 0.2) is 11.5 Å². The molecule has 0 saturated carbocycles. The molecule has 0 fully saturated rings. The Morgan fingerprint density at radius 2 is 2.12 bits per heavy atom. The van der Waals surface area contributed by atoms with E-state index in [9.17, 15) is 4.79 Å². The lowest BCUT2D eigenvalue weighted by Crippen LogP contribution is -2.17. The fourth-order valence-electron chi connectivity index (χ4n) is 2.32. The lowest BCUT2D eigenvalue weighted by Gasteiger charge is -2.09. The molecule has 0 spiro atoms. The Bertz CT molecular complexity index is 902. The number of hydrogen-bond acceptors (Lipinski definition) is 5. The monoisotopic (exact) mass is 324 g/mol. The number of imidazole rings is 1. The van der Waals surface area contributed by atoms with Crippen LogP contribution in [0.25, 0.3) is 11.0 Å². The Morgan fingerprint density at radius 3 is 2.92 bits per heavy atom. The van der Waals surface area contributed by atoms with Crippen LogP contribution in [0.3, 0.4) is 0 Å². The lowest BCUT2D eigenvalue weighted by atomic mass is 10.2. The zero-order valence-corrected chi connectivity index (χ0v) is 13.2. The molecule has 0 aliphatic heterocycles. The Hall–Kier alpha value is -3.35. The Labute approximate surface area is 138 Å². The number of nitrogens with one attached hydrogen (secondary N) is 2. The molecule has 0 bridgehead atoms. The third kappa shape index (κ3) is 3.05. The quantitative estimate of drug-likeness (QED) is 0.557. The summed E-state index contributed by atoms with van der Waals surface area (Å²) in [5, 5.41) is 3.98. The highest BCUT2D eigenvalue weighted by Gasteiger charge is 2.09. The molecule has 0 aliphatic carbocycles. The van der Waals surface area contributed by atoms with Crippen molar-refractivity contribution in [3.8, 4) is 11.5 Å². The first-order chi connectivity index (χ1) is 11.7. The van der Waals surface area contributed by atoms with Gasteiger partial charge in [0.25, 0.3) is 5.91 Å². The Kier molecular flexibility index (Phi) is 4.42. The molecule has 2 aromatic carbocycles. The minimum absolute atomic E-state index is 0.315. The second-order valence-electron chi connectivity index (χ2n) is 4.92. The van der Waals surface area contributed by atoms with Crippen molar-refractivity contribution < 1.29 is 14.3 Å². The van der Waals surface area contributed by atoms with Gasteiger partial charge in [-0.2, -0.15) is 5.10 Å². The van der Waals surface area contributed by atoms with Gasteiger partial charge in [0.2, 0.25) is 0 Å². The first-order valence-electron chi connectivity index (χ1n) is 7.20. The first kappa shape index (κ1) is 15.5. The van der Waals surface area contributed by atoms with Gasteiger partial charge in [0, 0.05) is 11.1 Å². The highest BCUT2D eigenvalue weighted by Crippen LogP contribution is 2.29. The van der Waals surface area contributed by atoms with Gasteiger partial charge in [-0.25, -0.2) is 10.4 Å². The number of fused-ring (bicyclic) bond motifs is 1. The summed E-state index contributed by atoms with van der Waals surface area (Å²) < 4.78 is 10.5. The van der Waals surface area contributed by atoms with E-state index >= 15 is 0 Å². The number of H-pyrrole nitrogens is 1. The zero-order valence-electron chi connectivity index (χ0n) is 13.2. The van der Waals surface area contributed by atoms with Gasteiger partial charge in [0.05, 0.1) is 37.8 Å². The highest BCUT2D eigenvalue weighted by atomic mass is 16.5. The van der Waals surface area contributed by atoms with Gasteiger partial charge < -0.3 is 14.5 Å². The van der Waals surface area contributed by atoms with E-state index in [1.165, 1.54) is 6.21 Å². The van der Waals surface area contributed by atoms with Crippen LogP contribution < -0.4 is 14.9 Å². The van der Waals surface area contributed by atoms with E-state index in [1.54, 1.807) is 44.8 Å².